The van der Waals surface area contributed by atoms with E-state index in [1.807, 2.05) is 19.1 Å². The summed E-state index contributed by atoms with van der Waals surface area (Å²) < 4.78 is 40.1. The van der Waals surface area contributed by atoms with E-state index in [0.717, 1.165) is 11.1 Å². The molecule has 0 radical (unpaired) electrons. The first kappa shape index (κ1) is 22.5. The molecular formula is C24H25FN2O3S. The fourth-order valence-corrected chi connectivity index (χ4v) is 4.34. The number of hydrogen-bond acceptors (Lipinski definition) is 3. The topological polar surface area (TPSA) is 66.5 Å². The average Bonchev–Trinajstić information content (AvgIpc) is 2.78. The Hall–Kier alpha value is -3.19. The number of amides is 1. The molecule has 0 saturated heterocycles. The molecule has 0 aromatic heterocycles. The van der Waals surface area contributed by atoms with Crippen molar-refractivity contribution in [2.75, 3.05) is 17.9 Å². The molecule has 0 heterocycles. The molecule has 3 rings (SSSR count). The van der Waals surface area contributed by atoms with Crippen LogP contribution in [0.4, 0.5) is 10.1 Å². The standard InChI is InChI=1S/C24H25FN2O3S/c1-18-8-14-22(15-9-18)27(2)31(29,30)23-7-3-6-20(17-23)24(28)26-16-4-5-19-10-12-21(25)13-11-19/h3,6-15,17H,4-5,16H2,1-2H3,(H,26,28). The highest BCUT2D eigenvalue weighted by Gasteiger charge is 2.22. The van der Waals surface area contributed by atoms with Crippen molar-refractivity contribution in [1.82, 2.24) is 5.32 Å². The van der Waals surface area contributed by atoms with E-state index < -0.39 is 10.0 Å². The number of hydrogen-bond donors (Lipinski definition) is 1. The first-order chi connectivity index (χ1) is 14.8. The second-order valence-corrected chi connectivity index (χ2v) is 9.29. The number of aryl methyl sites for hydroxylation is 2. The van der Waals surface area contributed by atoms with Gasteiger partial charge in [-0.1, -0.05) is 35.9 Å². The second kappa shape index (κ2) is 9.75. The van der Waals surface area contributed by atoms with E-state index in [0.29, 0.717) is 25.1 Å². The number of carbonyl (C=O) groups is 1. The van der Waals surface area contributed by atoms with Gasteiger partial charge in [-0.05, 0) is 67.8 Å². The number of sulfonamides is 1. The van der Waals surface area contributed by atoms with Gasteiger partial charge in [-0.3, -0.25) is 9.10 Å². The summed E-state index contributed by atoms with van der Waals surface area (Å²) in [5.41, 5.74) is 2.84. The molecular weight excluding hydrogens is 415 g/mol. The van der Waals surface area contributed by atoms with Crippen molar-refractivity contribution in [1.29, 1.82) is 0 Å². The number of halogens is 1. The van der Waals surface area contributed by atoms with Gasteiger partial charge >= 0.3 is 0 Å². The van der Waals surface area contributed by atoms with Crippen LogP contribution in [-0.4, -0.2) is 27.9 Å². The summed E-state index contributed by atoms with van der Waals surface area (Å²) in [5.74, 6) is -0.617. The number of benzene rings is 3. The predicted molar refractivity (Wildman–Crippen MR) is 120 cm³/mol. The summed E-state index contributed by atoms with van der Waals surface area (Å²) in [6.45, 7) is 2.36. The molecule has 0 atom stereocenters. The largest absolute Gasteiger partial charge is 0.352 e. The lowest BCUT2D eigenvalue weighted by Gasteiger charge is -2.20. The molecule has 1 N–H and O–H groups in total. The number of rotatable bonds is 8. The van der Waals surface area contributed by atoms with Crippen LogP contribution in [0, 0.1) is 12.7 Å². The van der Waals surface area contributed by atoms with Crippen LogP contribution in [0.25, 0.3) is 0 Å². The van der Waals surface area contributed by atoms with Crippen LogP contribution in [0.1, 0.15) is 27.9 Å². The van der Waals surface area contributed by atoms with Crippen LogP contribution in [0.3, 0.4) is 0 Å². The highest BCUT2D eigenvalue weighted by molar-refractivity contribution is 7.92. The van der Waals surface area contributed by atoms with Gasteiger partial charge in [0.15, 0.2) is 0 Å². The quantitative estimate of drug-likeness (QED) is 0.531. The van der Waals surface area contributed by atoms with Crippen molar-refractivity contribution in [3.8, 4) is 0 Å². The molecule has 0 unspecified atom stereocenters. The fourth-order valence-electron chi connectivity index (χ4n) is 3.10. The second-order valence-electron chi connectivity index (χ2n) is 7.32. The monoisotopic (exact) mass is 440 g/mol. The zero-order chi connectivity index (χ0) is 22.4. The minimum Gasteiger partial charge on any atom is -0.352 e. The Balaban J connectivity index is 1.63. The van der Waals surface area contributed by atoms with E-state index in [9.17, 15) is 17.6 Å². The maximum absolute atomic E-state index is 13.0. The number of anilines is 1. The minimum atomic E-state index is -3.80. The molecule has 3 aromatic carbocycles. The molecule has 0 aliphatic heterocycles. The van der Waals surface area contributed by atoms with E-state index >= 15 is 0 Å². The van der Waals surface area contributed by atoms with Gasteiger partial charge in [-0.15, -0.1) is 0 Å². The SMILES string of the molecule is Cc1ccc(N(C)S(=O)(=O)c2cccc(C(=O)NCCCc3ccc(F)cc3)c2)cc1. The Labute approximate surface area is 182 Å². The zero-order valence-corrected chi connectivity index (χ0v) is 18.3. The zero-order valence-electron chi connectivity index (χ0n) is 17.5. The summed E-state index contributed by atoms with van der Waals surface area (Å²) in [7, 11) is -2.31. The van der Waals surface area contributed by atoms with E-state index in [1.165, 1.54) is 35.6 Å². The Bertz CT molecular complexity index is 1140. The highest BCUT2D eigenvalue weighted by Crippen LogP contribution is 2.23. The molecule has 7 heteroatoms. The van der Waals surface area contributed by atoms with Gasteiger partial charge in [0, 0.05) is 19.2 Å². The van der Waals surface area contributed by atoms with Gasteiger partial charge in [0.1, 0.15) is 5.82 Å². The van der Waals surface area contributed by atoms with Gasteiger partial charge in [0.05, 0.1) is 10.6 Å². The third-order valence-electron chi connectivity index (χ3n) is 4.99. The van der Waals surface area contributed by atoms with Crippen molar-refractivity contribution in [2.24, 2.45) is 0 Å². The lowest BCUT2D eigenvalue weighted by atomic mass is 10.1. The van der Waals surface area contributed by atoms with E-state index in [4.69, 9.17) is 0 Å². The first-order valence-corrected chi connectivity index (χ1v) is 11.4. The highest BCUT2D eigenvalue weighted by atomic mass is 32.2. The molecule has 0 saturated carbocycles. The number of nitrogens with one attached hydrogen (secondary N) is 1. The third kappa shape index (κ3) is 5.70. The van der Waals surface area contributed by atoms with Gasteiger partial charge in [0.25, 0.3) is 15.9 Å². The summed E-state index contributed by atoms with van der Waals surface area (Å²) in [5, 5.41) is 2.80. The van der Waals surface area contributed by atoms with Gasteiger partial charge < -0.3 is 5.32 Å². The molecule has 0 aliphatic rings. The smallest absolute Gasteiger partial charge is 0.264 e. The van der Waals surface area contributed by atoms with Crippen molar-refractivity contribution in [2.45, 2.75) is 24.7 Å². The van der Waals surface area contributed by atoms with Gasteiger partial charge in [-0.25, -0.2) is 12.8 Å². The summed E-state index contributed by atoms with van der Waals surface area (Å²) in [4.78, 5) is 12.5. The van der Waals surface area contributed by atoms with Crippen LogP contribution in [0.15, 0.2) is 77.7 Å². The molecule has 162 valence electrons. The average molecular weight is 441 g/mol. The Morgan fingerprint density at radius 2 is 1.68 bits per heavy atom. The van der Waals surface area contributed by atoms with Gasteiger partial charge in [-0.2, -0.15) is 0 Å². The Kier molecular flexibility index (Phi) is 7.07. The molecule has 5 nitrogen and oxygen atoms in total. The number of nitrogens with zero attached hydrogens (tertiary/aromatic N) is 1. The fraction of sp³-hybridized carbons (Fsp3) is 0.208. The summed E-state index contributed by atoms with van der Waals surface area (Å²) in [6.07, 6.45) is 1.39. The molecule has 0 aliphatic carbocycles. The lowest BCUT2D eigenvalue weighted by molar-refractivity contribution is 0.0953. The first-order valence-electron chi connectivity index (χ1n) is 9.96. The summed E-state index contributed by atoms with van der Waals surface area (Å²) >= 11 is 0. The van der Waals surface area contributed by atoms with E-state index in [-0.39, 0.29) is 22.2 Å². The van der Waals surface area contributed by atoms with Gasteiger partial charge in [0.2, 0.25) is 0 Å². The maximum Gasteiger partial charge on any atom is 0.264 e. The van der Waals surface area contributed by atoms with Crippen LogP contribution < -0.4 is 9.62 Å². The lowest BCUT2D eigenvalue weighted by Crippen LogP contribution is -2.28. The van der Waals surface area contributed by atoms with E-state index in [1.54, 1.807) is 36.4 Å². The van der Waals surface area contributed by atoms with Crippen LogP contribution in [0.2, 0.25) is 0 Å². The molecule has 0 fully saturated rings. The van der Waals surface area contributed by atoms with Crippen LogP contribution in [0.5, 0.6) is 0 Å². The number of carbonyl (C=O) groups excluding carboxylic acids is 1. The Morgan fingerprint density at radius 1 is 1.00 bits per heavy atom. The van der Waals surface area contributed by atoms with Crippen molar-refractivity contribution < 1.29 is 17.6 Å². The maximum atomic E-state index is 13.0. The van der Waals surface area contributed by atoms with Crippen molar-refractivity contribution >= 4 is 21.6 Å². The van der Waals surface area contributed by atoms with Crippen LogP contribution in [-0.2, 0) is 16.4 Å². The molecule has 0 spiro atoms. The molecule has 31 heavy (non-hydrogen) atoms. The summed E-state index contributed by atoms with van der Waals surface area (Å²) in [6, 6.07) is 19.4. The normalized spacial score (nSPS) is 11.2. The van der Waals surface area contributed by atoms with Crippen molar-refractivity contribution in [3.63, 3.8) is 0 Å². The third-order valence-corrected chi connectivity index (χ3v) is 6.77. The van der Waals surface area contributed by atoms with Crippen LogP contribution >= 0.6 is 0 Å². The molecule has 1 amide bonds. The predicted octanol–water partition coefficient (Wildman–Crippen LogP) is 4.32. The van der Waals surface area contributed by atoms with Crippen molar-refractivity contribution in [3.05, 3.63) is 95.3 Å². The Morgan fingerprint density at radius 3 is 2.35 bits per heavy atom. The van der Waals surface area contributed by atoms with E-state index in [2.05, 4.69) is 5.32 Å². The molecule has 0 bridgehead atoms. The minimum absolute atomic E-state index is 0.0505. The molecule has 3 aromatic rings.